The predicted molar refractivity (Wildman–Crippen MR) is 93.1 cm³/mol. The van der Waals surface area contributed by atoms with Crippen LogP contribution in [0.3, 0.4) is 0 Å². The second-order valence-electron chi connectivity index (χ2n) is 5.99. The molecule has 0 aromatic heterocycles. The molecule has 0 bridgehead atoms. The second kappa shape index (κ2) is 6.80. The minimum atomic E-state index is -0.0394. The van der Waals surface area contributed by atoms with Gasteiger partial charge in [0.15, 0.2) is 0 Å². The Morgan fingerprint density at radius 1 is 1.19 bits per heavy atom. The van der Waals surface area contributed by atoms with Crippen LogP contribution in [0.4, 0.5) is 0 Å². The number of fused-ring (bicyclic) bond motifs is 1. The van der Waals surface area contributed by atoms with Crippen molar-refractivity contribution in [1.29, 1.82) is 0 Å². The summed E-state index contributed by atoms with van der Waals surface area (Å²) >= 11 is 9.23. The van der Waals surface area contributed by atoms with Crippen molar-refractivity contribution >= 4 is 44.2 Å². The van der Waals surface area contributed by atoms with Crippen LogP contribution < -0.4 is 5.32 Å². The molecule has 0 heterocycles. The number of benzene rings is 2. The minimum Gasteiger partial charge on any atom is -0.352 e. The summed E-state index contributed by atoms with van der Waals surface area (Å²) in [6.45, 7) is 4.83. The quantitative estimate of drug-likeness (QED) is 0.740. The van der Waals surface area contributed by atoms with Crippen LogP contribution >= 0.6 is 27.5 Å². The first-order valence-corrected chi connectivity index (χ1v) is 8.27. The first kappa shape index (κ1) is 16.3. The van der Waals surface area contributed by atoms with Crippen LogP contribution in [-0.2, 0) is 0 Å². The fourth-order valence-electron chi connectivity index (χ4n) is 2.12. The van der Waals surface area contributed by atoms with E-state index in [4.69, 9.17) is 11.6 Å². The number of carbonyl (C=O) groups excluding carboxylic acids is 1. The van der Waals surface area contributed by atoms with Gasteiger partial charge >= 0.3 is 0 Å². The van der Waals surface area contributed by atoms with Gasteiger partial charge in [0.2, 0.25) is 0 Å². The lowest BCUT2D eigenvalue weighted by atomic mass is 9.90. The SMILES string of the molecule is CC(C)(CCCl)CNC(=O)c1ccc2cc(Br)ccc2c1. The maximum absolute atomic E-state index is 12.3. The van der Waals surface area contributed by atoms with E-state index in [1.165, 1.54) is 0 Å². The monoisotopic (exact) mass is 367 g/mol. The minimum absolute atomic E-state index is 0.0130. The van der Waals surface area contributed by atoms with Gasteiger partial charge < -0.3 is 5.32 Å². The highest BCUT2D eigenvalue weighted by molar-refractivity contribution is 9.10. The number of nitrogens with one attached hydrogen (secondary N) is 1. The van der Waals surface area contributed by atoms with Crippen LogP contribution in [-0.4, -0.2) is 18.3 Å². The van der Waals surface area contributed by atoms with Gasteiger partial charge in [0.05, 0.1) is 0 Å². The maximum atomic E-state index is 12.3. The number of amides is 1. The van der Waals surface area contributed by atoms with Crippen LogP contribution in [0, 0.1) is 5.41 Å². The number of rotatable bonds is 5. The Morgan fingerprint density at radius 3 is 2.57 bits per heavy atom. The molecule has 2 aromatic rings. The van der Waals surface area contributed by atoms with Crippen molar-refractivity contribution in [2.45, 2.75) is 20.3 Å². The third-order valence-corrected chi connectivity index (χ3v) is 4.25. The molecule has 0 spiro atoms. The summed E-state index contributed by atoms with van der Waals surface area (Å²) in [7, 11) is 0. The van der Waals surface area contributed by atoms with Gasteiger partial charge in [0, 0.05) is 22.5 Å². The van der Waals surface area contributed by atoms with E-state index in [9.17, 15) is 4.79 Å². The highest BCUT2D eigenvalue weighted by Gasteiger charge is 2.18. The zero-order valence-corrected chi connectivity index (χ0v) is 14.6. The second-order valence-corrected chi connectivity index (χ2v) is 7.29. The van der Waals surface area contributed by atoms with E-state index in [0.717, 1.165) is 21.7 Å². The molecule has 0 unspecified atom stereocenters. The number of halogens is 2. The molecule has 1 amide bonds. The van der Waals surface area contributed by atoms with Crippen molar-refractivity contribution in [3.8, 4) is 0 Å². The fraction of sp³-hybridized carbons (Fsp3) is 0.353. The lowest BCUT2D eigenvalue weighted by molar-refractivity contribution is 0.0936. The van der Waals surface area contributed by atoms with Gasteiger partial charge in [-0.2, -0.15) is 0 Å². The van der Waals surface area contributed by atoms with E-state index >= 15 is 0 Å². The predicted octanol–water partition coefficient (Wildman–Crippen LogP) is 4.99. The molecule has 0 aliphatic rings. The van der Waals surface area contributed by atoms with Crippen LogP contribution in [0.15, 0.2) is 40.9 Å². The van der Waals surface area contributed by atoms with Gasteiger partial charge in [-0.05, 0) is 46.9 Å². The Hall–Kier alpha value is -1.06. The van der Waals surface area contributed by atoms with E-state index in [1.807, 2.05) is 36.4 Å². The van der Waals surface area contributed by atoms with Crippen LogP contribution in [0.1, 0.15) is 30.6 Å². The van der Waals surface area contributed by atoms with Crippen molar-refractivity contribution in [2.24, 2.45) is 5.41 Å². The van der Waals surface area contributed by atoms with Crippen LogP contribution in [0.5, 0.6) is 0 Å². The van der Waals surface area contributed by atoms with Crippen molar-refractivity contribution in [1.82, 2.24) is 5.32 Å². The number of carbonyl (C=O) groups is 1. The molecule has 2 nitrogen and oxygen atoms in total. The molecule has 0 saturated heterocycles. The van der Waals surface area contributed by atoms with Crippen LogP contribution in [0.25, 0.3) is 10.8 Å². The van der Waals surface area contributed by atoms with Crippen molar-refractivity contribution in [2.75, 3.05) is 12.4 Å². The van der Waals surface area contributed by atoms with Gasteiger partial charge in [-0.15, -0.1) is 11.6 Å². The molecule has 0 radical (unpaired) electrons. The molecule has 0 atom stereocenters. The molecule has 1 N–H and O–H groups in total. The van der Waals surface area contributed by atoms with E-state index in [-0.39, 0.29) is 11.3 Å². The normalized spacial score (nSPS) is 11.6. The zero-order chi connectivity index (χ0) is 15.5. The van der Waals surface area contributed by atoms with Crippen molar-refractivity contribution in [3.05, 3.63) is 46.4 Å². The Morgan fingerprint density at radius 2 is 1.86 bits per heavy atom. The largest absolute Gasteiger partial charge is 0.352 e. The van der Waals surface area contributed by atoms with E-state index in [1.54, 1.807) is 0 Å². The van der Waals surface area contributed by atoms with Gasteiger partial charge in [-0.1, -0.05) is 41.9 Å². The highest BCUT2D eigenvalue weighted by Crippen LogP contribution is 2.22. The first-order valence-electron chi connectivity index (χ1n) is 6.95. The summed E-state index contributed by atoms with van der Waals surface area (Å²) in [6.07, 6.45) is 0.876. The smallest absolute Gasteiger partial charge is 0.251 e. The molecule has 112 valence electrons. The average Bonchev–Trinajstić information content (AvgIpc) is 2.44. The number of hydrogen-bond acceptors (Lipinski definition) is 1. The average molecular weight is 369 g/mol. The standard InChI is InChI=1S/C17H19BrClNO/c1-17(2,7-8-19)11-20-16(21)14-4-3-13-10-15(18)6-5-12(13)9-14/h3-6,9-10H,7-8,11H2,1-2H3,(H,20,21). The van der Waals surface area contributed by atoms with Crippen molar-refractivity contribution < 1.29 is 4.79 Å². The summed E-state index contributed by atoms with van der Waals surface area (Å²) < 4.78 is 1.04. The molecule has 0 aliphatic heterocycles. The van der Waals surface area contributed by atoms with E-state index in [0.29, 0.717) is 18.0 Å². The zero-order valence-electron chi connectivity index (χ0n) is 12.2. The molecular weight excluding hydrogens is 350 g/mol. The number of hydrogen-bond donors (Lipinski definition) is 1. The van der Waals surface area contributed by atoms with Gasteiger partial charge in [-0.25, -0.2) is 0 Å². The fourth-order valence-corrected chi connectivity index (χ4v) is 3.01. The third kappa shape index (κ3) is 4.45. The van der Waals surface area contributed by atoms with E-state index in [2.05, 4.69) is 35.1 Å². The Kier molecular flexibility index (Phi) is 5.28. The summed E-state index contributed by atoms with van der Waals surface area (Å²) in [4.78, 5) is 12.3. The Balaban J connectivity index is 2.11. The summed E-state index contributed by atoms with van der Waals surface area (Å²) in [5.41, 5.74) is 0.700. The van der Waals surface area contributed by atoms with Gasteiger partial charge in [-0.3, -0.25) is 4.79 Å². The molecule has 2 aromatic carbocycles. The molecule has 0 aliphatic carbocycles. The molecular formula is C17H19BrClNO. The molecule has 0 saturated carbocycles. The summed E-state index contributed by atoms with van der Waals surface area (Å²) in [5, 5.41) is 5.17. The number of alkyl halides is 1. The Labute approximate surface area is 139 Å². The molecule has 2 rings (SSSR count). The van der Waals surface area contributed by atoms with Gasteiger partial charge in [0.1, 0.15) is 0 Å². The van der Waals surface area contributed by atoms with Crippen LogP contribution in [0.2, 0.25) is 0 Å². The maximum Gasteiger partial charge on any atom is 0.251 e. The molecule has 4 heteroatoms. The molecule has 0 fully saturated rings. The van der Waals surface area contributed by atoms with E-state index < -0.39 is 0 Å². The Bertz CT molecular complexity index is 654. The highest BCUT2D eigenvalue weighted by atomic mass is 79.9. The lowest BCUT2D eigenvalue weighted by Crippen LogP contribution is -2.34. The first-order chi connectivity index (χ1) is 9.91. The summed E-state index contributed by atoms with van der Waals surface area (Å²) in [5.74, 6) is 0.566. The topological polar surface area (TPSA) is 29.1 Å². The summed E-state index contributed by atoms with van der Waals surface area (Å²) in [6, 6.07) is 11.8. The van der Waals surface area contributed by atoms with Gasteiger partial charge in [0.25, 0.3) is 5.91 Å². The third-order valence-electron chi connectivity index (χ3n) is 3.56. The molecule has 21 heavy (non-hydrogen) atoms. The van der Waals surface area contributed by atoms with Crippen molar-refractivity contribution in [3.63, 3.8) is 0 Å². The lowest BCUT2D eigenvalue weighted by Gasteiger charge is -2.23.